The number of benzene rings is 1. The summed E-state index contributed by atoms with van der Waals surface area (Å²) < 4.78 is 13.0. The molecule has 2 aromatic rings. The number of aromatic nitrogens is 1. The van der Waals surface area contributed by atoms with Crippen molar-refractivity contribution >= 4 is 40.2 Å². The largest absolute Gasteiger partial charge is 0.301 e. The van der Waals surface area contributed by atoms with E-state index in [2.05, 4.69) is 10.3 Å². The third-order valence-electron chi connectivity index (χ3n) is 4.42. The second kappa shape index (κ2) is 7.72. The first-order valence-corrected chi connectivity index (χ1v) is 10.4. The minimum absolute atomic E-state index is 0.124. The van der Waals surface area contributed by atoms with E-state index in [0.29, 0.717) is 16.1 Å². The summed E-state index contributed by atoms with van der Waals surface area (Å²) in [5, 5.41) is 6.25. The summed E-state index contributed by atoms with van der Waals surface area (Å²) in [4.78, 5) is 22.0. The van der Waals surface area contributed by atoms with E-state index in [1.54, 1.807) is 18.2 Å². The zero-order valence-corrected chi connectivity index (χ0v) is 15.7. The molecule has 0 radical (unpaired) electrons. The number of thiazole rings is 1. The van der Waals surface area contributed by atoms with Crippen LogP contribution in [0.2, 0.25) is 0 Å². The minimum atomic E-state index is -0.267. The van der Waals surface area contributed by atoms with E-state index in [-0.39, 0.29) is 11.7 Å². The summed E-state index contributed by atoms with van der Waals surface area (Å²) in [5.41, 5.74) is 1.59. The summed E-state index contributed by atoms with van der Waals surface area (Å²) in [7, 11) is 0. The Balaban J connectivity index is 1.49. The van der Waals surface area contributed by atoms with Gasteiger partial charge in [0.05, 0.1) is 16.6 Å². The number of thioether (sulfide) groups is 1. The first-order chi connectivity index (χ1) is 12.7. The molecule has 1 saturated heterocycles. The van der Waals surface area contributed by atoms with Gasteiger partial charge in [-0.05, 0) is 54.9 Å². The summed E-state index contributed by atoms with van der Waals surface area (Å²) >= 11 is 2.85. The molecule has 4 nitrogen and oxygen atoms in total. The smallest absolute Gasteiger partial charge is 0.264 e. The molecule has 2 aliphatic rings. The van der Waals surface area contributed by atoms with Crippen LogP contribution in [0, 0.1) is 5.82 Å². The van der Waals surface area contributed by atoms with Gasteiger partial charge in [0.15, 0.2) is 5.17 Å². The normalized spacial score (nSPS) is 21.5. The van der Waals surface area contributed by atoms with Gasteiger partial charge in [0.2, 0.25) is 0 Å². The number of amidine groups is 1. The Morgan fingerprint density at radius 2 is 1.96 bits per heavy atom. The van der Waals surface area contributed by atoms with Gasteiger partial charge in [0.1, 0.15) is 10.8 Å². The molecule has 0 atom stereocenters. The first kappa shape index (κ1) is 17.4. The van der Waals surface area contributed by atoms with E-state index in [1.165, 1.54) is 54.5 Å². The highest BCUT2D eigenvalue weighted by atomic mass is 32.2. The Hall–Kier alpha value is -1.99. The molecule has 2 fully saturated rings. The van der Waals surface area contributed by atoms with Crippen LogP contribution in [0.1, 0.15) is 37.8 Å². The molecule has 1 aliphatic carbocycles. The number of hydrogen-bond acceptors (Lipinski definition) is 5. The number of carbonyl (C=O) groups excluding carboxylic acids is 1. The highest BCUT2D eigenvalue weighted by Crippen LogP contribution is 2.30. The fourth-order valence-corrected chi connectivity index (χ4v) is 4.74. The Bertz CT molecular complexity index is 867. The molecule has 1 saturated carbocycles. The molecule has 4 rings (SSSR count). The van der Waals surface area contributed by atoms with Gasteiger partial charge in [-0.1, -0.05) is 19.3 Å². The van der Waals surface area contributed by atoms with Crippen LogP contribution in [0.25, 0.3) is 16.6 Å². The molecule has 1 N–H and O–H groups in total. The molecule has 134 valence electrons. The second-order valence-electron chi connectivity index (χ2n) is 6.38. The fourth-order valence-electron chi connectivity index (χ4n) is 3.08. The van der Waals surface area contributed by atoms with Crippen molar-refractivity contribution in [3.8, 4) is 10.6 Å². The third kappa shape index (κ3) is 4.04. The quantitative estimate of drug-likeness (QED) is 0.767. The van der Waals surface area contributed by atoms with Crippen LogP contribution < -0.4 is 5.32 Å². The van der Waals surface area contributed by atoms with Crippen LogP contribution >= 0.6 is 23.1 Å². The SMILES string of the molecule is O=C1NC(=NC2CCCCC2)SC1=Cc1csc(-c2ccc(F)cc2)n1. The Morgan fingerprint density at radius 1 is 1.19 bits per heavy atom. The molecule has 0 unspecified atom stereocenters. The van der Waals surface area contributed by atoms with Crippen molar-refractivity contribution in [3.05, 3.63) is 46.1 Å². The van der Waals surface area contributed by atoms with Crippen molar-refractivity contribution in [2.75, 3.05) is 0 Å². The second-order valence-corrected chi connectivity index (χ2v) is 8.26. The van der Waals surface area contributed by atoms with E-state index in [9.17, 15) is 9.18 Å². The van der Waals surface area contributed by atoms with Crippen molar-refractivity contribution < 1.29 is 9.18 Å². The topological polar surface area (TPSA) is 54.4 Å². The lowest BCUT2D eigenvalue weighted by Crippen LogP contribution is -2.22. The van der Waals surface area contributed by atoms with Crippen LogP contribution in [0.15, 0.2) is 39.5 Å². The minimum Gasteiger partial charge on any atom is -0.301 e. The predicted molar refractivity (Wildman–Crippen MR) is 106 cm³/mol. The van der Waals surface area contributed by atoms with Crippen molar-refractivity contribution in [3.63, 3.8) is 0 Å². The van der Waals surface area contributed by atoms with Gasteiger partial charge in [-0.15, -0.1) is 11.3 Å². The molecule has 2 heterocycles. The van der Waals surface area contributed by atoms with E-state index in [0.717, 1.165) is 29.1 Å². The number of amides is 1. The average Bonchev–Trinajstić information content (AvgIpc) is 3.24. The lowest BCUT2D eigenvalue weighted by Gasteiger charge is -2.17. The molecule has 0 spiro atoms. The number of hydrogen-bond donors (Lipinski definition) is 1. The molecule has 26 heavy (non-hydrogen) atoms. The number of rotatable bonds is 3. The summed E-state index contributed by atoms with van der Waals surface area (Å²) in [5.74, 6) is -0.391. The molecule has 1 aliphatic heterocycles. The summed E-state index contributed by atoms with van der Waals surface area (Å²) in [6.45, 7) is 0. The third-order valence-corrected chi connectivity index (χ3v) is 6.25. The zero-order valence-electron chi connectivity index (χ0n) is 14.1. The maximum atomic E-state index is 13.0. The molecule has 1 aromatic heterocycles. The van der Waals surface area contributed by atoms with Crippen molar-refractivity contribution in [1.82, 2.24) is 10.3 Å². The Labute approximate surface area is 159 Å². The van der Waals surface area contributed by atoms with Crippen molar-refractivity contribution in [1.29, 1.82) is 0 Å². The van der Waals surface area contributed by atoms with Crippen LogP contribution in [0.4, 0.5) is 4.39 Å². The van der Waals surface area contributed by atoms with Crippen LogP contribution in [0.3, 0.4) is 0 Å². The number of nitrogens with zero attached hydrogens (tertiary/aromatic N) is 2. The van der Waals surface area contributed by atoms with Gasteiger partial charge in [-0.3, -0.25) is 9.79 Å². The lowest BCUT2D eigenvalue weighted by molar-refractivity contribution is -0.115. The highest BCUT2D eigenvalue weighted by Gasteiger charge is 2.25. The van der Waals surface area contributed by atoms with Crippen molar-refractivity contribution in [2.45, 2.75) is 38.1 Å². The molecule has 1 amide bonds. The van der Waals surface area contributed by atoms with Crippen LogP contribution in [-0.4, -0.2) is 22.1 Å². The lowest BCUT2D eigenvalue weighted by atomic mass is 9.96. The number of carbonyl (C=O) groups is 1. The van der Waals surface area contributed by atoms with E-state index >= 15 is 0 Å². The highest BCUT2D eigenvalue weighted by molar-refractivity contribution is 8.18. The monoisotopic (exact) mass is 387 g/mol. The Morgan fingerprint density at radius 3 is 2.73 bits per heavy atom. The van der Waals surface area contributed by atoms with Gasteiger partial charge >= 0.3 is 0 Å². The van der Waals surface area contributed by atoms with Gasteiger partial charge in [-0.2, -0.15) is 0 Å². The Kier molecular flexibility index (Phi) is 5.17. The molecule has 1 aromatic carbocycles. The van der Waals surface area contributed by atoms with Crippen LogP contribution in [0.5, 0.6) is 0 Å². The van der Waals surface area contributed by atoms with Crippen LogP contribution in [-0.2, 0) is 4.79 Å². The molecular formula is C19H18FN3OS2. The maximum Gasteiger partial charge on any atom is 0.264 e. The van der Waals surface area contributed by atoms with Gasteiger partial charge in [-0.25, -0.2) is 9.37 Å². The van der Waals surface area contributed by atoms with E-state index < -0.39 is 0 Å². The fraction of sp³-hybridized carbons (Fsp3) is 0.316. The van der Waals surface area contributed by atoms with Gasteiger partial charge in [0, 0.05) is 10.9 Å². The van der Waals surface area contributed by atoms with Crippen molar-refractivity contribution in [2.24, 2.45) is 4.99 Å². The zero-order chi connectivity index (χ0) is 17.9. The van der Waals surface area contributed by atoms with Gasteiger partial charge in [0.25, 0.3) is 5.91 Å². The number of aliphatic imine (C=N–C) groups is 1. The average molecular weight is 388 g/mol. The maximum absolute atomic E-state index is 13.0. The summed E-state index contributed by atoms with van der Waals surface area (Å²) in [6, 6.07) is 6.58. The summed E-state index contributed by atoms with van der Waals surface area (Å²) in [6.07, 6.45) is 7.71. The molecule has 0 bridgehead atoms. The number of nitrogens with one attached hydrogen (secondary N) is 1. The van der Waals surface area contributed by atoms with E-state index in [4.69, 9.17) is 4.99 Å². The van der Waals surface area contributed by atoms with Gasteiger partial charge < -0.3 is 5.32 Å². The number of halogens is 1. The van der Waals surface area contributed by atoms with E-state index in [1.807, 2.05) is 5.38 Å². The predicted octanol–water partition coefficient (Wildman–Crippen LogP) is 4.84. The standard InChI is InChI=1S/C19H18FN3OS2/c20-13-8-6-12(7-9-13)18-21-15(11-25-18)10-16-17(24)23-19(26-16)22-14-4-2-1-3-5-14/h6-11,14H,1-5H2,(H,22,23,24). The molecular weight excluding hydrogens is 369 g/mol. The molecule has 7 heteroatoms. The first-order valence-electron chi connectivity index (χ1n) is 8.67.